The maximum absolute atomic E-state index is 14.1. The minimum atomic E-state index is -3.15. The Labute approximate surface area is 212 Å². The van der Waals surface area contributed by atoms with Crippen LogP contribution in [0.5, 0.6) is 17.2 Å². The van der Waals surface area contributed by atoms with Crippen LogP contribution in [0.2, 0.25) is 0 Å². The van der Waals surface area contributed by atoms with E-state index in [-0.39, 0.29) is 17.8 Å². The second-order valence-corrected chi connectivity index (χ2v) is 8.58. The van der Waals surface area contributed by atoms with Gasteiger partial charge in [-0.15, -0.1) is 0 Å². The zero-order valence-electron chi connectivity index (χ0n) is 20.0. The topological polar surface area (TPSA) is 93.0 Å². The van der Waals surface area contributed by atoms with Crippen LogP contribution in [-0.4, -0.2) is 47.0 Å². The molecule has 0 saturated heterocycles. The number of nitrogens with zero attached hydrogens (tertiary/aromatic N) is 1. The van der Waals surface area contributed by atoms with Crippen LogP contribution in [0.1, 0.15) is 11.8 Å². The lowest BCUT2D eigenvalue weighted by atomic mass is 10.1. The zero-order chi connectivity index (χ0) is 26.3. The van der Waals surface area contributed by atoms with Crippen molar-refractivity contribution in [1.82, 2.24) is 9.88 Å². The third-order valence-corrected chi connectivity index (χ3v) is 5.71. The molecular weight excluding hydrogens is 482 g/mol. The van der Waals surface area contributed by atoms with E-state index in [1.54, 1.807) is 72.8 Å². The van der Waals surface area contributed by atoms with Gasteiger partial charge in [0, 0.05) is 18.0 Å². The van der Waals surface area contributed by atoms with E-state index < -0.39 is 30.9 Å². The fraction of sp³-hybridized carbons (Fsp3) is 0.250. The molecule has 0 radical (unpaired) electrons. The molecule has 0 saturated carbocycles. The van der Waals surface area contributed by atoms with Crippen LogP contribution >= 0.6 is 0 Å². The van der Waals surface area contributed by atoms with Gasteiger partial charge in [0.05, 0.1) is 5.52 Å². The first-order valence-electron chi connectivity index (χ1n) is 11.8. The number of aromatic hydroxyl groups is 1. The van der Waals surface area contributed by atoms with Gasteiger partial charge in [-0.2, -0.15) is 8.78 Å². The summed E-state index contributed by atoms with van der Waals surface area (Å²) in [7, 11) is 0. The molecule has 0 aliphatic heterocycles. The molecule has 194 valence electrons. The van der Waals surface area contributed by atoms with E-state index in [0.29, 0.717) is 29.9 Å². The first kappa shape index (κ1) is 26.1. The molecule has 0 amide bonds. The Hall–Kier alpha value is -3.95. The number of para-hydroxylation sites is 2. The number of fused-ring (bicyclic) bond motifs is 1. The van der Waals surface area contributed by atoms with E-state index in [9.17, 15) is 23.8 Å². The summed E-state index contributed by atoms with van der Waals surface area (Å²) in [6, 6.07) is 23.0. The van der Waals surface area contributed by atoms with Crippen molar-refractivity contribution in [2.75, 3.05) is 26.3 Å². The summed E-state index contributed by atoms with van der Waals surface area (Å²) in [6.45, 7) is -0.995. The highest BCUT2D eigenvalue weighted by atomic mass is 19.3. The number of aliphatic hydroxyl groups is 1. The zero-order valence-corrected chi connectivity index (χ0v) is 20.0. The lowest BCUT2D eigenvalue weighted by molar-refractivity contribution is -0.0728. The maximum atomic E-state index is 14.1. The number of halogens is 2. The number of alkyl halides is 2. The van der Waals surface area contributed by atoms with Gasteiger partial charge in [-0.3, -0.25) is 9.36 Å². The van der Waals surface area contributed by atoms with Crippen LogP contribution < -0.4 is 20.3 Å². The van der Waals surface area contributed by atoms with Crippen molar-refractivity contribution in [1.29, 1.82) is 0 Å². The van der Waals surface area contributed by atoms with Gasteiger partial charge >= 0.3 is 5.92 Å². The smallest absolute Gasteiger partial charge is 0.314 e. The van der Waals surface area contributed by atoms with Gasteiger partial charge in [0.1, 0.15) is 23.5 Å². The molecule has 4 rings (SSSR count). The number of phenolic OH excluding ortho intramolecular Hbond substituents is 1. The Morgan fingerprint density at radius 3 is 2.24 bits per heavy atom. The van der Waals surface area contributed by atoms with E-state index in [1.807, 2.05) is 0 Å². The average molecular weight is 511 g/mol. The summed E-state index contributed by atoms with van der Waals surface area (Å²) in [5.41, 5.74) is 0.793. The normalized spacial score (nSPS) is 12.4. The number of ether oxygens (including phenoxy) is 2. The lowest BCUT2D eigenvalue weighted by Crippen LogP contribution is -2.33. The molecule has 4 aromatic rings. The lowest BCUT2D eigenvalue weighted by Gasteiger charge is -2.18. The van der Waals surface area contributed by atoms with Gasteiger partial charge in [-0.1, -0.05) is 42.5 Å². The van der Waals surface area contributed by atoms with Gasteiger partial charge in [0.15, 0.2) is 13.2 Å². The van der Waals surface area contributed by atoms with E-state index in [1.165, 1.54) is 12.1 Å². The van der Waals surface area contributed by atoms with E-state index in [2.05, 4.69) is 5.32 Å². The Bertz CT molecular complexity index is 1360. The molecule has 0 spiro atoms. The SMILES string of the molecule is O=c1ccc2cccc(O)c2n1[C@@H](O)CNCCc1ccc(OCC(F)(F)COc2ccccc2)cc1. The summed E-state index contributed by atoms with van der Waals surface area (Å²) in [6.07, 6.45) is -0.572. The van der Waals surface area contributed by atoms with E-state index in [4.69, 9.17) is 9.47 Å². The van der Waals surface area contributed by atoms with E-state index >= 15 is 0 Å². The van der Waals surface area contributed by atoms with Crippen molar-refractivity contribution in [3.63, 3.8) is 0 Å². The van der Waals surface area contributed by atoms with Gasteiger partial charge < -0.3 is 25.0 Å². The molecule has 3 aromatic carbocycles. The summed E-state index contributed by atoms with van der Waals surface area (Å²) in [5.74, 6) is -2.54. The number of benzene rings is 3. The quantitative estimate of drug-likeness (QED) is 0.248. The van der Waals surface area contributed by atoms with Crippen molar-refractivity contribution in [2.45, 2.75) is 18.6 Å². The van der Waals surface area contributed by atoms with E-state index in [0.717, 1.165) is 10.1 Å². The first-order valence-corrected chi connectivity index (χ1v) is 11.8. The highest BCUT2D eigenvalue weighted by Gasteiger charge is 2.31. The molecule has 1 heterocycles. The Balaban J connectivity index is 1.23. The standard InChI is InChI=1S/C28H28F2N2O5/c29-28(30,18-36-22-6-2-1-3-7-22)19-37-23-12-9-20(10-13-23)15-16-31-17-26(35)32-25(34)14-11-21-5-4-8-24(33)27(21)32/h1-14,26,31,33,35H,15-19H2/t26-/m0/s1. The number of aromatic nitrogens is 1. The van der Waals surface area contributed by atoms with Crippen molar-refractivity contribution in [2.24, 2.45) is 0 Å². The predicted molar refractivity (Wildman–Crippen MR) is 137 cm³/mol. The number of hydrogen-bond donors (Lipinski definition) is 3. The largest absolute Gasteiger partial charge is 0.506 e. The minimum absolute atomic E-state index is 0.0851. The summed E-state index contributed by atoms with van der Waals surface area (Å²) in [4.78, 5) is 12.3. The number of nitrogens with one attached hydrogen (secondary N) is 1. The van der Waals surface area contributed by atoms with Gasteiger partial charge in [0.2, 0.25) is 0 Å². The molecule has 0 fully saturated rings. The highest BCUT2D eigenvalue weighted by Crippen LogP contribution is 2.24. The molecule has 0 aliphatic carbocycles. The molecular formula is C28H28F2N2O5. The second-order valence-electron chi connectivity index (χ2n) is 8.58. The molecule has 1 atom stereocenters. The monoisotopic (exact) mass is 510 g/mol. The number of pyridine rings is 1. The maximum Gasteiger partial charge on any atom is 0.314 e. The third-order valence-electron chi connectivity index (χ3n) is 5.71. The second kappa shape index (κ2) is 11.9. The molecule has 9 heteroatoms. The number of phenols is 1. The third kappa shape index (κ3) is 7.05. The molecule has 1 aromatic heterocycles. The van der Waals surface area contributed by atoms with Gasteiger partial charge in [-0.25, -0.2) is 0 Å². The summed E-state index contributed by atoms with van der Waals surface area (Å²) < 4.78 is 39.7. The summed E-state index contributed by atoms with van der Waals surface area (Å²) >= 11 is 0. The molecule has 7 nitrogen and oxygen atoms in total. The number of rotatable bonds is 12. The Kier molecular flexibility index (Phi) is 8.37. The molecule has 0 aliphatic rings. The Morgan fingerprint density at radius 1 is 0.865 bits per heavy atom. The van der Waals surface area contributed by atoms with Crippen molar-refractivity contribution in [3.05, 3.63) is 101 Å². The van der Waals surface area contributed by atoms with Crippen molar-refractivity contribution >= 4 is 10.9 Å². The highest BCUT2D eigenvalue weighted by molar-refractivity contribution is 5.84. The first-order chi connectivity index (χ1) is 17.8. The van der Waals surface area contributed by atoms with Crippen LogP contribution in [0.25, 0.3) is 10.9 Å². The Morgan fingerprint density at radius 2 is 1.54 bits per heavy atom. The number of hydrogen-bond acceptors (Lipinski definition) is 6. The van der Waals surface area contributed by atoms with Crippen molar-refractivity contribution < 1.29 is 28.5 Å². The average Bonchev–Trinajstić information content (AvgIpc) is 2.90. The van der Waals surface area contributed by atoms with Crippen LogP contribution in [0.3, 0.4) is 0 Å². The molecule has 37 heavy (non-hydrogen) atoms. The fourth-order valence-corrected chi connectivity index (χ4v) is 3.84. The molecule has 0 bridgehead atoms. The summed E-state index contributed by atoms with van der Waals surface area (Å²) in [5, 5.41) is 24.5. The number of aliphatic hydroxyl groups excluding tert-OH is 1. The van der Waals surface area contributed by atoms with Crippen LogP contribution in [0, 0.1) is 0 Å². The molecule has 3 N–H and O–H groups in total. The van der Waals surface area contributed by atoms with Crippen LogP contribution in [0.15, 0.2) is 89.7 Å². The van der Waals surface area contributed by atoms with Crippen LogP contribution in [0.4, 0.5) is 8.78 Å². The molecule has 0 unspecified atom stereocenters. The predicted octanol–water partition coefficient (Wildman–Crippen LogP) is 4.12. The van der Waals surface area contributed by atoms with Gasteiger partial charge in [-0.05, 0) is 54.9 Å². The van der Waals surface area contributed by atoms with Gasteiger partial charge in [0.25, 0.3) is 5.56 Å². The minimum Gasteiger partial charge on any atom is -0.506 e. The van der Waals surface area contributed by atoms with Crippen molar-refractivity contribution in [3.8, 4) is 17.2 Å². The van der Waals surface area contributed by atoms with Crippen LogP contribution in [-0.2, 0) is 6.42 Å². The fourth-order valence-electron chi connectivity index (χ4n) is 3.84.